The number of rotatable bonds is 6. The second kappa shape index (κ2) is 6.81. The van der Waals surface area contributed by atoms with Crippen molar-refractivity contribution in [2.24, 2.45) is 0 Å². The van der Waals surface area contributed by atoms with E-state index in [-0.39, 0.29) is 11.5 Å². The van der Waals surface area contributed by atoms with Crippen LogP contribution in [0.4, 0.5) is 5.69 Å². The van der Waals surface area contributed by atoms with Crippen molar-refractivity contribution in [3.8, 4) is 0 Å². The Labute approximate surface area is 125 Å². The molecule has 0 amide bonds. The first-order valence-corrected chi connectivity index (χ1v) is 6.69. The van der Waals surface area contributed by atoms with Crippen LogP contribution in [0.2, 0.25) is 0 Å². The highest BCUT2D eigenvalue weighted by molar-refractivity contribution is 6.17. The van der Waals surface area contributed by atoms with E-state index in [1.165, 1.54) is 30.3 Å². The van der Waals surface area contributed by atoms with Gasteiger partial charge in [0.05, 0.1) is 17.7 Å². The number of nitro groups is 1. The number of aryl methyl sites for hydroxylation is 1. The van der Waals surface area contributed by atoms with Gasteiger partial charge in [-0.2, -0.15) is 5.10 Å². The third-order valence-corrected chi connectivity index (χ3v) is 2.93. The van der Waals surface area contributed by atoms with Crippen molar-refractivity contribution in [1.82, 2.24) is 9.78 Å². The van der Waals surface area contributed by atoms with Gasteiger partial charge >= 0.3 is 0 Å². The Hall–Kier alpha value is -2.47. The summed E-state index contributed by atoms with van der Waals surface area (Å²) < 4.78 is 1.68. The van der Waals surface area contributed by atoms with Crippen LogP contribution in [-0.4, -0.2) is 26.4 Å². The van der Waals surface area contributed by atoms with E-state index in [2.05, 4.69) is 5.10 Å². The largest absolute Gasteiger partial charge is 0.289 e. The molecule has 0 atom stereocenters. The van der Waals surface area contributed by atoms with Gasteiger partial charge in [-0.15, -0.1) is 11.6 Å². The molecule has 0 aliphatic carbocycles. The minimum Gasteiger partial charge on any atom is -0.289 e. The summed E-state index contributed by atoms with van der Waals surface area (Å²) >= 11 is 5.61. The van der Waals surface area contributed by atoms with E-state index in [0.29, 0.717) is 18.0 Å². The SMILES string of the molecule is O=C(/C=C/c1cnn(CCCl)c1)c1ccc([N+](=O)[O-])cc1. The van der Waals surface area contributed by atoms with Crippen LogP contribution < -0.4 is 0 Å². The lowest BCUT2D eigenvalue weighted by Gasteiger charge is -1.95. The molecule has 0 bridgehead atoms. The first kappa shape index (κ1) is 14.9. The van der Waals surface area contributed by atoms with Crippen LogP contribution in [0.25, 0.3) is 6.08 Å². The van der Waals surface area contributed by atoms with Gasteiger partial charge in [-0.05, 0) is 24.3 Å². The van der Waals surface area contributed by atoms with Crippen molar-refractivity contribution in [3.63, 3.8) is 0 Å². The molecule has 0 unspecified atom stereocenters. The quantitative estimate of drug-likeness (QED) is 0.270. The predicted octanol–water partition coefficient (Wildman–Crippen LogP) is 2.93. The molecule has 0 aliphatic rings. The van der Waals surface area contributed by atoms with Gasteiger partial charge in [0.2, 0.25) is 0 Å². The first-order chi connectivity index (χ1) is 10.1. The summed E-state index contributed by atoms with van der Waals surface area (Å²) in [7, 11) is 0. The molecular weight excluding hydrogens is 294 g/mol. The Morgan fingerprint density at radius 3 is 2.71 bits per heavy atom. The van der Waals surface area contributed by atoms with Crippen molar-refractivity contribution in [3.05, 3.63) is 64.0 Å². The molecule has 0 radical (unpaired) electrons. The molecule has 6 nitrogen and oxygen atoms in total. The highest BCUT2D eigenvalue weighted by Gasteiger charge is 2.07. The second-order valence-electron chi connectivity index (χ2n) is 4.23. The molecule has 0 N–H and O–H groups in total. The third-order valence-electron chi connectivity index (χ3n) is 2.76. The number of alkyl halides is 1. The van der Waals surface area contributed by atoms with E-state index in [9.17, 15) is 14.9 Å². The van der Waals surface area contributed by atoms with Crippen molar-refractivity contribution >= 4 is 29.1 Å². The fourth-order valence-corrected chi connectivity index (χ4v) is 1.86. The summed E-state index contributed by atoms with van der Waals surface area (Å²) in [4.78, 5) is 22.0. The Morgan fingerprint density at radius 2 is 2.10 bits per heavy atom. The molecule has 2 aromatic rings. The Bertz CT molecular complexity index is 677. The summed E-state index contributed by atoms with van der Waals surface area (Å²) in [5, 5.41) is 14.6. The molecule has 0 saturated heterocycles. The Morgan fingerprint density at radius 1 is 1.38 bits per heavy atom. The van der Waals surface area contributed by atoms with Gasteiger partial charge in [-0.25, -0.2) is 0 Å². The lowest BCUT2D eigenvalue weighted by molar-refractivity contribution is -0.384. The molecule has 2 rings (SSSR count). The molecule has 1 heterocycles. The molecule has 0 saturated carbocycles. The maximum atomic E-state index is 11.9. The zero-order valence-electron chi connectivity index (χ0n) is 11.0. The van der Waals surface area contributed by atoms with E-state index in [1.54, 1.807) is 23.2 Å². The van der Waals surface area contributed by atoms with Crippen molar-refractivity contribution < 1.29 is 9.72 Å². The molecule has 1 aromatic carbocycles. The fraction of sp³-hybridized carbons (Fsp3) is 0.143. The zero-order chi connectivity index (χ0) is 15.2. The van der Waals surface area contributed by atoms with E-state index in [0.717, 1.165) is 5.56 Å². The number of non-ortho nitro benzene ring substituents is 1. The number of halogens is 1. The highest BCUT2D eigenvalue weighted by atomic mass is 35.5. The fourth-order valence-electron chi connectivity index (χ4n) is 1.69. The summed E-state index contributed by atoms with van der Waals surface area (Å²) in [5.41, 5.74) is 1.14. The predicted molar refractivity (Wildman–Crippen MR) is 79.4 cm³/mol. The number of benzene rings is 1. The number of hydrogen-bond acceptors (Lipinski definition) is 4. The third kappa shape index (κ3) is 4.00. The second-order valence-corrected chi connectivity index (χ2v) is 4.61. The van der Waals surface area contributed by atoms with Crippen LogP contribution >= 0.6 is 11.6 Å². The van der Waals surface area contributed by atoms with Crippen LogP contribution in [0, 0.1) is 10.1 Å². The van der Waals surface area contributed by atoms with Crippen LogP contribution in [0.3, 0.4) is 0 Å². The minimum absolute atomic E-state index is 0.0436. The minimum atomic E-state index is -0.505. The topological polar surface area (TPSA) is 78.0 Å². The first-order valence-electron chi connectivity index (χ1n) is 6.15. The maximum Gasteiger partial charge on any atom is 0.269 e. The number of aromatic nitrogens is 2. The number of hydrogen-bond donors (Lipinski definition) is 0. The van der Waals surface area contributed by atoms with Crippen LogP contribution in [0.1, 0.15) is 15.9 Å². The van der Waals surface area contributed by atoms with E-state index in [4.69, 9.17) is 11.6 Å². The van der Waals surface area contributed by atoms with Gasteiger partial charge in [0.25, 0.3) is 5.69 Å². The molecular formula is C14H12ClN3O3. The number of carbonyl (C=O) groups is 1. The zero-order valence-corrected chi connectivity index (χ0v) is 11.7. The molecule has 108 valence electrons. The molecule has 1 aromatic heterocycles. The molecule has 21 heavy (non-hydrogen) atoms. The smallest absolute Gasteiger partial charge is 0.269 e. The molecule has 7 heteroatoms. The molecule has 0 fully saturated rings. The monoisotopic (exact) mass is 305 g/mol. The summed E-state index contributed by atoms with van der Waals surface area (Å²) in [6, 6.07) is 5.47. The number of nitrogens with zero attached hydrogens (tertiary/aromatic N) is 3. The van der Waals surface area contributed by atoms with Gasteiger partial charge in [0.15, 0.2) is 5.78 Å². The van der Waals surface area contributed by atoms with Gasteiger partial charge in [-0.1, -0.05) is 0 Å². The van der Waals surface area contributed by atoms with Gasteiger partial charge in [-0.3, -0.25) is 19.6 Å². The summed E-state index contributed by atoms with van der Waals surface area (Å²) in [6.07, 6.45) is 6.46. The Balaban J connectivity index is 2.05. The molecule has 0 aliphatic heterocycles. The van der Waals surface area contributed by atoms with Gasteiger partial charge < -0.3 is 0 Å². The van der Waals surface area contributed by atoms with Crippen molar-refractivity contribution in [2.75, 3.05) is 5.88 Å². The van der Waals surface area contributed by atoms with Gasteiger partial charge in [0, 0.05) is 35.3 Å². The highest BCUT2D eigenvalue weighted by Crippen LogP contribution is 2.13. The summed E-state index contributed by atoms with van der Waals surface area (Å²) in [5.74, 6) is 0.238. The number of ketones is 1. The van der Waals surface area contributed by atoms with Crippen molar-refractivity contribution in [2.45, 2.75) is 6.54 Å². The van der Waals surface area contributed by atoms with E-state index >= 15 is 0 Å². The maximum absolute atomic E-state index is 11.9. The van der Waals surface area contributed by atoms with Crippen LogP contribution in [0.5, 0.6) is 0 Å². The average Bonchev–Trinajstić information content (AvgIpc) is 2.93. The average molecular weight is 306 g/mol. The standard InChI is InChI=1S/C14H12ClN3O3/c15-7-8-17-10-11(9-16-17)1-6-14(19)12-2-4-13(5-3-12)18(20)21/h1-6,9-10H,7-8H2/b6-1+. The summed E-state index contributed by atoms with van der Waals surface area (Å²) in [6.45, 7) is 0.603. The van der Waals surface area contributed by atoms with Gasteiger partial charge in [0.1, 0.15) is 0 Å². The lowest BCUT2D eigenvalue weighted by Crippen LogP contribution is -1.98. The van der Waals surface area contributed by atoms with E-state index < -0.39 is 4.92 Å². The lowest BCUT2D eigenvalue weighted by atomic mass is 10.1. The normalized spacial score (nSPS) is 10.9. The number of carbonyl (C=O) groups excluding carboxylic acids is 1. The molecule has 0 spiro atoms. The van der Waals surface area contributed by atoms with Crippen LogP contribution in [-0.2, 0) is 6.54 Å². The number of allylic oxidation sites excluding steroid dienone is 1. The van der Waals surface area contributed by atoms with Crippen LogP contribution in [0.15, 0.2) is 42.7 Å². The van der Waals surface area contributed by atoms with Crippen molar-refractivity contribution in [1.29, 1.82) is 0 Å². The Kier molecular flexibility index (Phi) is 4.84. The van der Waals surface area contributed by atoms with E-state index in [1.807, 2.05) is 0 Å². The number of nitro benzene ring substituents is 1.